The normalized spacial score (nSPS) is 16.6. The van der Waals surface area contributed by atoms with Crippen molar-refractivity contribution in [3.63, 3.8) is 0 Å². The van der Waals surface area contributed by atoms with Crippen LogP contribution in [0, 0.1) is 10.8 Å². The Hall–Kier alpha value is -2.57. The number of ether oxygens (including phenoxy) is 1. The predicted octanol–water partition coefficient (Wildman–Crippen LogP) is -0.0532. The summed E-state index contributed by atoms with van der Waals surface area (Å²) in [7, 11) is 0. The third kappa shape index (κ3) is 3.95. The maximum atomic E-state index is 11.8. The van der Waals surface area contributed by atoms with Crippen LogP contribution in [0.1, 0.15) is 13.8 Å². The molecule has 0 spiro atoms. The van der Waals surface area contributed by atoms with E-state index in [1.165, 1.54) is 20.0 Å². The van der Waals surface area contributed by atoms with Gasteiger partial charge in [0.2, 0.25) is 11.8 Å². The molecule has 0 aliphatic heterocycles. The lowest BCUT2D eigenvalue weighted by atomic mass is 9.91. The maximum Gasteiger partial charge on any atom is 0.235 e. The van der Waals surface area contributed by atoms with E-state index in [1.807, 2.05) is 0 Å². The molecular formula is C14H20N4O3. The van der Waals surface area contributed by atoms with E-state index < -0.39 is 17.2 Å². The third-order valence-electron chi connectivity index (χ3n) is 3.07. The van der Waals surface area contributed by atoms with Crippen LogP contribution in [0.15, 0.2) is 35.8 Å². The summed E-state index contributed by atoms with van der Waals surface area (Å²) in [6.45, 7) is 3.27. The number of primary amides is 1. The number of nitrogens with two attached hydrogens (primary N) is 2. The van der Waals surface area contributed by atoms with E-state index in [0.717, 1.165) is 0 Å². The highest BCUT2D eigenvalue weighted by Crippen LogP contribution is 2.15. The quantitative estimate of drug-likeness (QED) is 0.403. The van der Waals surface area contributed by atoms with Crippen molar-refractivity contribution in [2.45, 2.75) is 13.8 Å². The van der Waals surface area contributed by atoms with Crippen LogP contribution in [-0.2, 0) is 14.3 Å². The lowest BCUT2D eigenvalue weighted by molar-refractivity contribution is -0.139. The van der Waals surface area contributed by atoms with Crippen molar-refractivity contribution in [3.8, 4) is 0 Å². The van der Waals surface area contributed by atoms with Gasteiger partial charge in [-0.2, -0.15) is 0 Å². The van der Waals surface area contributed by atoms with Crippen LogP contribution in [-0.4, -0.2) is 30.7 Å². The molecule has 0 atom stereocenters. The number of carbonyl (C=O) groups excluding carboxylic acids is 2. The Labute approximate surface area is 123 Å². The maximum absolute atomic E-state index is 11.8. The van der Waals surface area contributed by atoms with E-state index in [4.69, 9.17) is 21.6 Å². The van der Waals surface area contributed by atoms with Gasteiger partial charge in [0.05, 0.1) is 6.54 Å². The van der Waals surface area contributed by atoms with Crippen molar-refractivity contribution >= 4 is 17.5 Å². The van der Waals surface area contributed by atoms with Gasteiger partial charge in [0.25, 0.3) is 0 Å². The SMILES string of the molecule is CC(C)(C(N)=O)C(=O)NCCOC1=CC=C/C(=C/N)C1=N. The van der Waals surface area contributed by atoms with Crippen molar-refractivity contribution in [3.05, 3.63) is 35.8 Å². The number of hydrogen-bond acceptors (Lipinski definition) is 5. The molecule has 0 unspecified atom stereocenters. The Morgan fingerprint density at radius 2 is 2.14 bits per heavy atom. The van der Waals surface area contributed by atoms with E-state index in [1.54, 1.807) is 18.2 Å². The largest absolute Gasteiger partial charge is 0.489 e. The second-order valence-electron chi connectivity index (χ2n) is 4.98. The van der Waals surface area contributed by atoms with Gasteiger partial charge in [-0.1, -0.05) is 12.2 Å². The van der Waals surface area contributed by atoms with E-state index >= 15 is 0 Å². The first-order valence-corrected chi connectivity index (χ1v) is 6.41. The molecule has 1 rings (SSSR count). The van der Waals surface area contributed by atoms with Crippen molar-refractivity contribution in [2.75, 3.05) is 13.2 Å². The zero-order valence-corrected chi connectivity index (χ0v) is 12.1. The highest BCUT2D eigenvalue weighted by molar-refractivity contribution is 6.12. The van der Waals surface area contributed by atoms with Crippen molar-refractivity contribution in [2.24, 2.45) is 16.9 Å². The summed E-state index contributed by atoms with van der Waals surface area (Å²) in [5.41, 5.74) is 10.0. The fourth-order valence-electron chi connectivity index (χ4n) is 1.47. The molecular weight excluding hydrogens is 272 g/mol. The number of carbonyl (C=O) groups is 2. The first-order valence-electron chi connectivity index (χ1n) is 6.41. The topological polar surface area (TPSA) is 131 Å². The van der Waals surface area contributed by atoms with Gasteiger partial charge in [-0.15, -0.1) is 0 Å². The molecule has 0 saturated carbocycles. The Morgan fingerprint density at radius 1 is 1.48 bits per heavy atom. The van der Waals surface area contributed by atoms with Gasteiger partial charge in [0, 0.05) is 11.8 Å². The summed E-state index contributed by atoms with van der Waals surface area (Å²) in [6.07, 6.45) is 6.39. The summed E-state index contributed by atoms with van der Waals surface area (Å²) in [4.78, 5) is 22.9. The van der Waals surface area contributed by atoms with Crippen LogP contribution in [0.2, 0.25) is 0 Å². The molecule has 7 heteroatoms. The van der Waals surface area contributed by atoms with Crippen LogP contribution in [0.5, 0.6) is 0 Å². The first-order chi connectivity index (χ1) is 9.80. The van der Waals surface area contributed by atoms with Crippen LogP contribution < -0.4 is 16.8 Å². The molecule has 114 valence electrons. The highest BCUT2D eigenvalue weighted by Gasteiger charge is 2.33. The Bertz CT molecular complexity index is 544. The van der Waals surface area contributed by atoms with Crippen LogP contribution in [0.4, 0.5) is 0 Å². The zero-order chi connectivity index (χ0) is 16.0. The third-order valence-corrected chi connectivity index (χ3v) is 3.07. The molecule has 0 aromatic heterocycles. The summed E-state index contributed by atoms with van der Waals surface area (Å²) < 4.78 is 5.41. The molecule has 1 aliphatic carbocycles. The fourth-order valence-corrected chi connectivity index (χ4v) is 1.47. The standard InChI is InChI=1S/C14H20N4O3/c1-14(2,12(17)19)13(20)18-6-7-21-10-5-3-4-9(8-15)11(10)16/h3-5,8,16H,6-7,15H2,1-2H3,(H2,17,19)(H,18,20)/b9-8-,16-11?. The number of nitrogens with one attached hydrogen (secondary N) is 2. The van der Waals surface area contributed by atoms with Gasteiger partial charge < -0.3 is 21.5 Å². The molecule has 0 saturated heterocycles. The van der Waals surface area contributed by atoms with E-state index in [0.29, 0.717) is 11.3 Å². The Morgan fingerprint density at radius 3 is 2.71 bits per heavy atom. The van der Waals surface area contributed by atoms with Gasteiger partial charge in [-0.25, -0.2) is 0 Å². The summed E-state index contributed by atoms with van der Waals surface area (Å²) in [5.74, 6) is -0.785. The van der Waals surface area contributed by atoms with Crippen LogP contribution in [0.25, 0.3) is 0 Å². The second kappa shape index (κ2) is 6.74. The molecule has 0 bridgehead atoms. The van der Waals surface area contributed by atoms with Crippen LogP contribution >= 0.6 is 0 Å². The smallest absolute Gasteiger partial charge is 0.235 e. The second-order valence-corrected chi connectivity index (χ2v) is 4.98. The van der Waals surface area contributed by atoms with Crippen molar-refractivity contribution in [1.82, 2.24) is 5.32 Å². The van der Waals surface area contributed by atoms with Crippen molar-refractivity contribution < 1.29 is 14.3 Å². The van der Waals surface area contributed by atoms with E-state index in [-0.39, 0.29) is 18.9 Å². The molecule has 1 aliphatic rings. The summed E-state index contributed by atoms with van der Waals surface area (Å²) in [6, 6.07) is 0. The predicted molar refractivity (Wildman–Crippen MR) is 79.2 cm³/mol. The monoisotopic (exact) mass is 292 g/mol. The van der Waals surface area contributed by atoms with Gasteiger partial charge in [0.1, 0.15) is 23.5 Å². The number of amides is 2. The van der Waals surface area contributed by atoms with Crippen LogP contribution in [0.3, 0.4) is 0 Å². The molecule has 0 radical (unpaired) electrons. The number of allylic oxidation sites excluding steroid dienone is 4. The van der Waals surface area contributed by atoms with Crippen molar-refractivity contribution in [1.29, 1.82) is 5.41 Å². The molecule has 2 amide bonds. The molecule has 6 N–H and O–H groups in total. The summed E-state index contributed by atoms with van der Waals surface area (Å²) in [5, 5.41) is 10.4. The number of rotatable bonds is 6. The number of hydrogen-bond donors (Lipinski definition) is 4. The zero-order valence-electron chi connectivity index (χ0n) is 12.1. The highest BCUT2D eigenvalue weighted by atomic mass is 16.5. The minimum Gasteiger partial charge on any atom is -0.489 e. The van der Waals surface area contributed by atoms with Gasteiger partial charge in [-0.3, -0.25) is 15.0 Å². The van der Waals surface area contributed by atoms with E-state index in [9.17, 15) is 9.59 Å². The fraction of sp³-hybridized carbons (Fsp3) is 0.357. The Balaban J connectivity index is 2.44. The molecule has 0 aromatic carbocycles. The average molecular weight is 292 g/mol. The lowest BCUT2D eigenvalue weighted by Gasteiger charge is -2.20. The minimum atomic E-state index is -1.27. The molecule has 21 heavy (non-hydrogen) atoms. The average Bonchev–Trinajstić information content (AvgIpc) is 2.44. The van der Waals surface area contributed by atoms with Gasteiger partial charge in [0.15, 0.2) is 0 Å². The molecule has 7 nitrogen and oxygen atoms in total. The summed E-state index contributed by atoms with van der Waals surface area (Å²) >= 11 is 0. The molecule has 0 aromatic rings. The minimum absolute atomic E-state index is 0.167. The van der Waals surface area contributed by atoms with Gasteiger partial charge >= 0.3 is 0 Å². The molecule has 0 heterocycles. The Kier molecular flexibility index (Phi) is 5.29. The van der Waals surface area contributed by atoms with E-state index in [2.05, 4.69) is 5.32 Å². The lowest BCUT2D eigenvalue weighted by Crippen LogP contribution is -2.46. The molecule has 0 fully saturated rings. The van der Waals surface area contributed by atoms with Gasteiger partial charge in [-0.05, 0) is 19.9 Å². The first kappa shape index (κ1) is 16.5.